The minimum Gasteiger partial charge on any atom is -0.481 e. The van der Waals surface area contributed by atoms with Gasteiger partial charge in [-0.2, -0.15) is 0 Å². The van der Waals surface area contributed by atoms with Crippen LogP contribution in [0.5, 0.6) is 5.75 Å². The number of carboxylic acid groups (broad SMARTS) is 1. The second-order valence-corrected chi connectivity index (χ2v) is 10.1. The van der Waals surface area contributed by atoms with Crippen LogP contribution >= 0.6 is 11.6 Å². The molecular formula is C30H25ClFNO6. The van der Waals surface area contributed by atoms with Gasteiger partial charge in [0, 0.05) is 47.7 Å². The van der Waals surface area contributed by atoms with E-state index in [-0.39, 0.29) is 29.0 Å². The molecule has 3 atom stereocenters. The van der Waals surface area contributed by atoms with E-state index in [4.69, 9.17) is 20.8 Å². The zero-order valence-electron chi connectivity index (χ0n) is 21.0. The topological polar surface area (TPSA) is 97.0 Å². The van der Waals surface area contributed by atoms with Crippen molar-refractivity contribution in [1.82, 2.24) is 4.90 Å². The Morgan fingerprint density at radius 3 is 2.54 bits per heavy atom. The molecular weight excluding hydrogens is 525 g/mol. The molecule has 1 saturated heterocycles. The Labute approximate surface area is 228 Å². The van der Waals surface area contributed by atoms with Crippen molar-refractivity contribution < 1.29 is 28.2 Å². The molecule has 39 heavy (non-hydrogen) atoms. The normalized spacial score (nSPS) is 18.1. The van der Waals surface area contributed by atoms with Gasteiger partial charge in [0.15, 0.2) is 6.10 Å². The fourth-order valence-electron chi connectivity index (χ4n) is 5.08. The molecule has 3 aromatic carbocycles. The summed E-state index contributed by atoms with van der Waals surface area (Å²) >= 11 is 6.23. The largest absolute Gasteiger partial charge is 0.481 e. The van der Waals surface area contributed by atoms with Crippen LogP contribution in [0.4, 0.5) is 4.39 Å². The van der Waals surface area contributed by atoms with Crippen molar-refractivity contribution in [3.05, 3.63) is 99.6 Å². The van der Waals surface area contributed by atoms with Gasteiger partial charge in [-0.25, -0.2) is 9.18 Å². The van der Waals surface area contributed by atoms with Gasteiger partial charge in [0.2, 0.25) is 0 Å². The SMILES string of the molecule is C[C@@H](Oc1ccc2c(-c3ccc(F)cc3Cl)cc(=O)oc2c1)C(=O)N1CC(c2ccccc2)C[C@H](C(=O)O)C1. The number of ether oxygens (including phenoxy) is 1. The summed E-state index contributed by atoms with van der Waals surface area (Å²) in [6.45, 7) is 2.08. The number of aliphatic carboxylic acids is 1. The molecule has 0 aliphatic carbocycles. The summed E-state index contributed by atoms with van der Waals surface area (Å²) in [7, 11) is 0. The van der Waals surface area contributed by atoms with Gasteiger partial charge in [-0.15, -0.1) is 0 Å². The van der Waals surface area contributed by atoms with Gasteiger partial charge < -0.3 is 19.2 Å². The molecule has 1 N–H and O–H groups in total. The molecule has 2 heterocycles. The predicted octanol–water partition coefficient (Wildman–Crippen LogP) is 5.74. The van der Waals surface area contributed by atoms with Crippen LogP contribution in [0.15, 0.2) is 82.0 Å². The number of carboxylic acids is 1. The van der Waals surface area contributed by atoms with Crippen LogP contribution in [0.2, 0.25) is 5.02 Å². The Morgan fingerprint density at radius 2 is 1.82 bits per heavy atom. The number of fused-ring (bicyclic) bond motifs is 1. The van der Waals surface area contributed by atoms with E-state index in [9.17, 15) is 23.9 Å². The number of amides is 1. The first-order valence-electron chi connectivity index (χ1n) is 12.5. The maximum absolute atomic E-state index is 13.6. The first-order valence-corrected chi connectivity index (χ1v) is 12.8. The van der Waals surface area contributed by atoms with Gasteiger partial charge in [0.1, 0.15) is 17.1 Å². The van der Waals surface area contributed by atoms with E-state index in [1.54, 1.807) is 24.0 Å². The number of piperidine rings is 1. The highest BCUT2D eigenvalue weighted by Crippen LogP contribution is 2.35. The summed E-state index contributed by atoms with van der Waals surface area (Å²) in [4.78, 5) is 39.1. The van der Waals surface area contributed by atoms with Gasteiger partial charge in [-0.05, 0) is 49.2 Å². The highest BCUT2D eigenvalue weighted by Gasteiger charge is 2.36. The molecule has 4 aromatic rings. The second kappa shape index (κ2) is 10.9. The Balaban J connectivity index is 1.38. The van der Waals surface area contributed by atoms with Crippen molar-refractivity contribution in [2.75, 3.05) is 13.1 Å². The summed E-state index contributed by atoms with van der Waals surface area (Å²) in [6, 6.07) is 19.6. The Hall–Kier alpha value is -4.17. The molecule has 0 saturated carbocycles. The third-order valence-corrected chi connectivity index (χ3v) is 7.29. The van der Waals surface area contributed by atoms with Crippen molar-refractivity contribution in [3.63, 3.8) is 0 Å². The van der Waals surface area contributed by atoms with E-state index in [2.05, 4.69) is 0 Å². The Kier molecular flexibility index (Phi) is 7.39. The molecule has 5 rings (SSSR count). The Morgan fingerprint density at radius 1 is 1.05 bits per heavy atom. The van der Waals surface area contributed by atoms with Crippen molar-refractivity contribution in [3.8, 4) is 16.9 Å². The minimum absolute atomic E-state index is 0.0968. The molecule has 1 amide bonds. The van der Waals surface area contributed by atoms with Gasteiger partial charge >= 0.3 is 11.6 Å². The van der Waals surface area contributed by atoms with Crippen molar-refractivity contribution in [1.29, 1.82) is 0 Å². The highest BCUT2D eigenvalue weighted by atomic mass is 35.5. The fraction of sp³-hybridized carbons (Fsp3) is 0.233. The predicted molar refractivity (Wildman–Crippen MR) is 144 cm³/mol. The number of carbonyl (C=O) groups is 2. The fourth-order valence-corrected chi connectivity index (χ4v) is 5.35. The molecule has 200 valence electrons. The molecule has 0 bridgehead atoms. The van der Waals surface area contributed by atoms with E-state index in [1.807, 2.05) is 30.3 Å². The summed E-state index contributed by atoms with van der Waals surface area (Å²) in [5, 5.41) is 10.4. The average molecular weight is 550 g/mol. The zero-order valence-corrected chi connectivity index (χ0v) is 21.7. The van der Waals surface area contributed by atoms with Crippen LogP contribution < -0.4 is 10.4 Å². The second-order valence-electron chi connectivity index (χ2n) is 9.64. The molecule has 1 aromatic heterocycles. The molecule has 1 fully saturated rings. The lowest BCUT2D eigenvalue weighted by Gasteiger charge is -2.37. The number of hydrogen-bond donors (Lipinski definition) is 1. The van der Waals surface area contributed by atoms with Gasteiger partial charge in [-0.1, -0.05) is 41.9 Å². The first-order chi connectivity index (χ1) is 18.7. The number of hydrogen-bond acceptors (Lipinski definition) is 5. The van der Waals surface area contributed by atoms with Gasteiger partial charge in [0.05, 0.1) is 10.9 Å². The number of halogens is 2. The van der Waals surface area contributed by atoms with Crippen LogP contribution in [0.3, 0.4) is 0 Å². The van der Waals surface area contributed by atoms with Gasteiger partial charge in [0.25, 0.3) is 5.91 Å². The Bertz CT molecular complexity index is 1600. The van der Waals surface area contributed by atoms with Crippen LogP contribution in [0.1, 0.15) is 24.8 Å². The molecule has 1 aliphatic rings. The standard InChI is InChI=1S/C30H25ClFNO6/c1-17(29(35)33-15-19(11-20(16-33)30(36)37)18-5-3-2-4-6-18)38-22-8-10-24-25(14-28(34)39-27(24)13-22)23-9-7-21(32)12-26(23)31/h2-10,12-14,17,19-20H,11,15-16H2,1H3,(H,36,37)/t17-,19?,20+/m1/s1. The summed E-state index contributed by atoms with van der Waals surface area (Å²) in [5.41, 5.74) is 1.51. The minimum atomic E-state index is -0.941. The zero-order chi connectivity index (χ0) is 27.7. The van der Waals surface area contributed by atoms with Crippen molar-refractivity contribution in [2.45, 2.75) is 25.4 Å². The first kappa shape index (κ1) is 26.4. The van der Waals surface area contributed by atoms with Crippen LogP contribution in [0, 0.1) is 11.7 Å². The van der Waals surface area contributed by atoms with E-state index in [0.717, 1.165) is 5.56 Å². The van der Waals surface area contributed by atoms with E-state index in [0.29, 0.717) is 35.2 Å². The number of benzene rings is 3. The lowest BCUT2D eigenvalue weighted by molar-refractivity contribution is -0.148. The van der Waals surface area contributed by atoms with E-state index >= 15 is 0 Å². The maximum atomic E-state index is 13.6. The summed E-state index contributed by atoms with van der Waals surface area (Å²) in [5.74, 6) is -2.28. The summed E-state index contributed by atoms with van der Waals surface area (Å²) in [6.07, 6.45) is -0.476. The lowest BCUT2D eigenvalue weighted by Crippen LogP contribution is -2.49. The smallest absolute Gasteiger partial charge is 0.336 e. The molecule has 0 spiro atoms. The summed E-state index contributed by atoms with van der Waals surface area (Å²) < 4.78 is 24.9. The lowest BCUT2D eigenvalue weighted by atomic mass is 9.84. The molecule has 9 heteroatoms. The van der Waals surface area contributed by atoms with Crippen LogP contribution in [-0.2, 0) is 9.59 Å². The highest BCUT2D eigenvalue weighted by molar-refractivity contribution is 6.33. The van der Waals surface area contributed by atoms with E-state index in [1.165, 1.54) is 30.3 Å². The molecule has 1 aliphatic heterocycles. The quantitative estimate of drug-likeness (QED) is 0.308. The number of nitrogens with zero attached hydrogens (tertiary/aromatic N) is 1. The molecule has 7 nitrogen and oxygen atoms in total. The molecule has 1 unspecified atom stereocenters. The number of rotatable bonds is 6. The number of likely N-dealkylation sites (tertiary alicyclic amines) is 1. The third-order valence-electron chi connectivity index (χ3n) is 6.98. The average Bonchev–Trinajstić information content (AvgIpc) is 2.92. The monoisotopic (exact) mass is 549 g/mol. The van der Waals surface area contributed by atoms with Crippen LogP contribution in [-0.4, -0.2) is 41.1 Å². The third kappa shape index (κ3) is 5.66. The van der Waals surface area contributed by atoms with Crippen molar-refractivity contribution in [2.24, 2.45) is 5.92 Å². The van der Waals surface area contributed by atoms with Crippen LogP contribution in [0.25, 0.3) is 22.1 Å². The maximum Gasteiger partial charge on any atom is 0.336 e. The number of carbonyl (C=O) groups excluding carboxylic acids is 1. The van der Waals surface area contributed by atoms with Gasteiger partial charge in [-0.3, -0.25) is 9.59 Å². The van der Waals surface area contributed by atoms with Crippen molar-refractivity contribution >= 4 is 34.4 Å². The molecule has 0 radical (unpaired) electrons. The van der Waals surface area contributed by atoms with E-state index < -0.39 is 29.4 Å².